The summed E-state index contributed by atoms with van der Waals surface area (Å²) in [5.41, 5.74) is 8.11. The van der Waals surface area contributed by atoms with Crippen molar-refractivity contribution in [3.8, 4) is 0 Å². The molecule has 3 N–H and O–H groups in total. The van der Waals surface area contributed by atoms with Gasteiger partial charge < -0.3 is 16.0 Å². The first-order valence-electron chi connectivity index (χ1n) is 6.78. The van der Waals surface area contributed by atoms with Crippen molar-refractivity contribution in [2.75, 3.05) is 31.9 Å². The molecule has 0 saturated carbocycles. The van der Waals surface area contributed by atoms with Crippen molar-refractivity contribution < 1.29 is 4.79 Å². The number of hydrogen-bond donors (Lipinski definition) is 2. The molecule has 1 aromatic heterocycles. The fourth-order valence-electron chi connectivity index (χ4n) is 1.95. The minimum absolute atomic E-state index is 0.0299. The van der Waals surface area contributed by atoms with E-state index in [0.29, 0.717) is 12.2 Å². The molecule has 1 aromatic rings. The first kappa shape index (κ1) is 15.5. The zero-order chi connectivity index (χ0) is 14.4. The maximum Gasteiger partial charge on any atom is 0.241 e. The number of carbonyl (C=O) groups excluding carboxylic acids is 1. The number of aryl methyl sites for hydroxylation is 1. The molecule has 6 nitrogen and oxygen atoms in total. The number of anilines is 1. The van der Waals surface area contributed by atoms with Crippen molar-refractivity contribution in [1.82, 2.24) is 20.0 Å². The van der Waals surface area contributed by atoms with E-state index < -0.39 is 0 Å². The molecule has 0 atom stereocenters. The number of nitrogens with one attached hydrogen (secondary N) is 1. The van der Waals surface area contributed by atoms with Crippen LogP contribution in [0.15, 0.2) is 0 Å². The zero-order valence-corrected chi connectivity index (χ0v) is 12.4. The molecule has 0 saturated heterocycles. The Labute approximate surface area is 114 Å². The summed E-state index contributed by atoms with van der Waals surface area (Å²) in [6.45, 7) is 11.7. The highest BCUT2D eigenvalue weighted by atomic mass is 16.2. The van der Waals surface area contributed by atoms with Crippen LogP contribution in [0.1, 0.15) is 25.2 Å². The molecule has 108 valence electrons. The minimum Gasteiger partial charge on any atom is -0.396 e. The summed E-state index contributed by atoms with van der Waals surface area (Å²) < 4.78 is 1.65. The molecule has 0 aliphatic heterocycles. The Morgan fingerprint density at radius 3 is 2.47 bits per heavy atom. The number of carbonyl (C=O) groups is 1. The van der Waals surface area contributed by atoms with Gasteiger partial charge in [-0.3, -0.25) is 9.48 Å². The van der Waals surface area contributed by atoms with Gasteiger partial charge in [0.25, 0.3) is 0 Å². The van der Waals surface area contributed by atoms with Crippen LogP contribution in [0.2, 0.25) is 0 Å². The van der Waals surface area contributed by atoms with E-state index in [1.54, 1.807) is 4.68 Å². The van der Waals surface area contributed by atoms with Gasteiger partial charge in [0, 0.05) is 13.1 Å². The van der Waals surface area contributed by atoms with E-state index in [0.717, 1.165) is 31.0 Å². The van der Waals surface area contributed by atoms with Crippen LogP contribution in [0, 0.1) is 13.8 Å². The SMILES string of the molecule is CCN(CC)CCNC(=O)Cn1nc(C)c(N)c1C. The lowest BCUT2D eigenvalue weighted by Crippen LogP contribution is -2.36. The van der Waals surface area contributed by atoms with Crippen LogP contribution in [0.5, 0.6) is 0 Å². The molecular weight excluding hydrogens is 242 g/mol. The number of nitrogen functional groups attached to an aromatic ring is 1. The Hall–Kier alpha value is -1.56. The lowest BCUT2D eigenvalue weighted by Gasteiger charge is -2.18. The Balaban J connectivity index is 2.41. The average Bonchev–Trinajstić information content (AvgIpc) is 2.62. The molecule has 0 aliphatic rings. The quantitative estimate of drug-likeness (QED) is 0.756. The highest BCUT2D eigenvalue weighted by Gasteiger charge is 2.11. The van der Waals surface area contributed by atoms with Crippen molar-refractivity contribution in [2.24, 2.45) is 0 Å². The van der Waals surface area contributed by atoms with E-state index in [1.807, 2.05) is 13.8 Å². The monoisotopic (exact) mass is 267 g/mol. The van der Waals surface area contributed by atoms with E-state index in [4.69, 9.17) is 5.73 Å². The maximum atomic E-state index is 11.8. The Morgan fingerprint density at radius 1 is 1.37 bits per heavy atom. The molecule has 0 unspecified atom stereocenters. The molecule has 0 fully saturated rings. The molecule has 1 heterocycles. The van der Waals surface area contributed by atoms with Gasteiger partial charge >= 0.3 is 0 Å². The highest BCUT2D eigenvalue weighted by Crippen LogP contribution is 2.14. The van der Waals surface area contributed by atoms with E-state index >= 15 is 0 Å². The van der Waals surface area contributed by atoms with Gasteiger partial charge in [-0.2, -0.15) is 5.10 Å². The van der Waals surface area contributed by atoms with Crippen LogP contribution < -0.4 is 11.1 Å². The van der Waals surface area contributed by atoms with Crippen molar-refractivity contribution >= 4 is 11.6 Å². The van der Waals surface area contributed by atoms with Gasteiger partial charge in [0.2, 0.25) is 5.91 Å². The molecule has 0 aromatic carbocycles. The normalized spacial score (nSPS) is 11.0. The van der Waals surface area contributed by atoms with Gasteiger partial charge in [-0.25, -0.2) is 0 Å². The smallest absolute Gasteiger partial charge is 0.241 e. The summed E-state index contributed by atoms with van der Waals surface area (Å²) in [5.74, 6) is -0.0299. The Morgan fingerprint density at radius 2 is 2.00 bits per heavy atom. The third-order valence-corrected chi connectivity index (χ3v) is 3.38. The largest absolute Gasteiger partial charge is 0.396 e. The molecule has 0 bridgehead atoms. The number of aromatic nitrogens is 2. The van der Waals surface area contributed by atoms with Crippen LogP contribution in [0.4, 0.5) is 5.69 Å². The van der Waals surface area contributed by atoms with Gasteiger partial charge in [0.15, 0.2) is 0 Å². The van der Waals surface area contributed by atoms with Gasteiger partial charge in [-0.15, -0.1) is 0 Å². The van der Waals surface area contributed by atoms with E-state index in [9.17, 15) is 4.79 Å². The minimum atomic E-state index is -0.0299. The van der Waals surface area contributed by atoms with Crippen molar-refractivity contribution in [3.05, 3.63) is 11.4 Å². The number of rotatable bonds is 7. The fraction of sp³-hybridized carbons (Fsp3) is 0.692. The molecule has 0 spiro atoms. The van der Waals surface area contributed by atoms with Crippen LogP contribution in [-0.4, -0.2) is 46.8 Å². The second kappa shape index (κ2) is 7.13. The summed E-state index contributed by atoms with van der Waals surface area (Å²) in [7, 11) is 0. The zero-order valence-electron chi connectivity index (χ0n) is 12.4. The summed E-state index contributed by atoms with van der Waals surface area (Å²) in [5, 5.41) is 7.15. The molecule has 0 radical (unpaired) electrons. The Bertz CT molecular complexity index is 423. The molecule has 6 heteroatoms. The van der Waals surface area contributed by atoms with Gasteiger partial charge in [0.05, 0.1) is 17.1 Å². The maximum absolute atomic E-state index is 11.8. The van der Waals surface area contributed by atoms with Crippen molar-refractivity contribution in [3.63, 3.8) is 0 Å². The summed E-state index contributed by atoms with van der Waals surface area (Å²) >= 11 is 0. The van der Waals surface area contributed by atoms with Gasteiger partial charge in [0.1, 0.15) is 6.54 Å². The third-order valence-electron chi connectivity index (χ3n) is 3.38. The number of hydrogen-bond acceptors (Lipinski definition) is 4. The second-order valence-electron chi connectivity index (χ2n) is 4.62. The van der Waals surface area contributed by atoms with Crippen LogP contribution in [-0.2, 0) is 11.3 Å². The van der Waals surface area contributed by atoms with Crippen LogP contribution in [0.25, 0.3) is 0 Å². The standard InChI is InChI=1S/C13H25N5O/c1-5-17(6-2)8-7-15-12(19)9-18-11(4)13(14)10(3)16-18/h5-9,14H2,1-4H3,(H,15,19). The molecule has 0 aliphatic carbocycles. The lowest BCUT2D eigenvalue weighted by molar-refractivity contribution is -0.121. The number of nitrogens with two attached hydrogens (primary N) is 1. The predicted molar refractivity (Wildman–Crippen MR) is 76.9 cm³/mol. The van der Waals surface area contributed by atoms with Crippen LogP contribution in [0.3, 0.4) is 0 Å². The van der Waals surface area contributed by atoms with E-state index in [1.165, 1.54) is 0 Å². The third kappa shape index (κ3) is 4.24. The highest BCUT2D eigenvalue weighted by molar-refractivity contribution is 5.75. The van der Waals surface area contributed by atoms with Gasteiger partial charge in [-0.05, 0) is 26.9 Å². The first-order valence-corrected chi connectivity index (χ1v) is 6.78. The van der Waals surface area contributed by atoms with Crippen molar-refractivity contribution in [1.29, 1.82) is 0 Å². The Kier molecular flexibility index (Phi) is 5.82. The van der Waals surface area contributed by atoms with Gasteiger partial charge in [-0.1, -0.05) is 13.8 Å². The summed E-state index contributed by atoms with van der Waals surface area (Å²) in [4.78, 5) is 14.1. The second-order valence-corrected chi connectivity index (χ2v) is 4.62. The average molecular weight is 267 g/mol. The van der Waals surface area contributed by atoms with E-state index in [-0.39, 0.29) is 12.5 Å². The van der Waals surface area contributed by atoms with E-state index in [2.05, 4.69) is 29.2 Å². The first-order chi connectivity index (χ1) is 8.99. The topological polar surface area (TPSA) is 76.2 Å². The molecular formula is C13H25N5O. The number of nitrogens with zero attached hydrogens (tertiary/aromatic N) is 3. The van der Waals surface area contributed by atoms with Crippen molar-refractivity contribution in [2.45, 2.75) is 34.2 Å². The molecule has 1 amide bonds. The molecule has 19 heavy (non-hydrogen) atoms. The number of likely N-dealkylation sites (N-methyl/N-ethyl adjacent to an activating group) is 1. The summed E-state index contributed by atoms with van der Waals surface area (Å²) in [6.07, 6.45) is 0. The summed E-state index contributed by atoms with van der Waals surface area (Å²) in [6, 6.07) is 0. The molecule has 1 rings (SSSR count). The lowest BCUT2D eigenvalue weighted by atomic mass is 10.3. The fourth-order valence-corrected chi connectivity index (χ4v) is 1.95. The number of amides is 1. The van der Waals surface area contributed by atoms with Crippen LogP contribution >= 0.6 is 0 Å². The predicted octanol–water partition coefficient (Wildman–Crippen LogP) is 0.540.